The summed E-state index contributed by atoms with van der Waals surface area (Å²) in [5, 5.41) is 0. The van der Waals surface area contributed by atoms with Gasteiger partial charge in [0.15, 0.2) is 0 Å². The van der Waals surface area contributed by atoms with Gasteiger partial charge in [-0.15, -0.1) is 0 Å². The molecule has 1 aromatic carbocycles. The zero-order chi connectivity index (χ0) is 13.6. The van der Waals surface area contributed by atoms with Gasteiger partial charge in [0.1, 0.15) is 0 Å². The van der Waals surface area contributed by atoms with Crippen LogP contribution in [0.2, 0.25) is 0 Å². The minimum absolute atomic E-state index is 0.270. The quantitative estimate of drug-likeness (QED) is 0.697. The second-order valence-electron chi connectivity index (χ2n) is 3.70. The number of nitrogens with one attached hydrogen (secondary N) is 2. The molecule has 98 valence electrons. The topological polar surface area (TPSA) is 84.2 Å². The highest BCUT2D eigenvalue weighted by molar-refractivity contribution is 7.90. The Morgan fingerprint density at radius 1 is 1.33 bits per heavy atom. The number of hydrogen-bond acceptors (Lipinski definition) is 3. The maximum Gasteiger partial charge on any atom is 0.299 e. The summed E-state index contributed by atoms with van der Waals surface area (Å²) in [6.07, 6.45) is 0. The van der Waals surface area contributed by atoms with Crippen molar-refractivity contribution in [2.24, 2.45) is 5.73 Å². The molecule has 0 saturated carbocycles. The second kappa shape index (κ2) is 6.40. The van der Waals surface area contributed by atoms with Crippen LogP contribution in [0.1, 0.15) is 18.1 Å². The van der Waals surface area contributed by atoms with Crippen LogP contribution < -0.4 is 15.2 Å². The van der Waals surface area contributed by atoms with Crippen molar-refractivity contribution in [1.29, 1.82) is 0 Å². The zero-order valence-electron chi connectivity index (χ0n) is 10.4. The summed E-state index contributed by atoms with van der Waals surface area (Å²) in [7, 11) is -3.51. The van der Waals surface area contributed by atoms with E-state index in [-0.39, 0.29) is 6.54 Å². The first-order chi connectivity index (χ1) is 8.46. The Morgan fingerprint density at radius 2 is 2.06 bits per heavy atom. The molecular formula is C12H17N3O2S. The van der Waals surface area contributed by atoms with Gasteiger partial charge in [-0.05, 0) is 30.7 Å². The molecule has 0 unspecified atom stereocenters. The van der Waals surface area contributed by atoms with E-state index in [0.29, 0.717) is 12.2 Å². The van der Waals surface area contributed by atoms with E-state index in [1.165, 1.54) is 0 Å². The summed E-state index contributed by atoms with van der Waals surface area (Å²) in [4.78, 5) is 0. The van der Waals surface area contributed by atoms with Crippen molar-refractivity contribution in [2.75, 3.05) is 17.8 Å². The number of hydrogen-bond donors (Lipinski definition) is 3. The fraction of sp³-hybridized carbons (Fsp3) is 0.333. The molecule has 1 rings (SSSR count). The van der Waals surface area contributed by atoms with Gasteiger partial charge in [0, 0.05) is 12.1 Å². The normalized spacial score (nSPS) is 10.6. The molecule has 0 aliphatic carbocycles. The molecule has 4 N–H and O–H groups in total. The van der Waals surface area contributed by atoms with E-state index in [9.17, 15) is 8.42 Å². The smallest absolute Gasteiger partial charge is 0.299 e. The molecule has 0 fully saturated rings. The molecule has 18 heavy (non-hydrogen) atoms. The van der Waals surface area contributed by atoms with Crippen molar-refractivity contribution in [3.8, 4) is 11.8 Å². The number of benzene rings is 1. The molecule has 0 amide bonds. The van der Waals surface area contributed by atoms with Crippen molar-refractivity contribution in [1.82, 2.24) is 4.72 Å². The predicted octanol–water partition coefficient (Wildman–Crippen LogP) is 0.571. The Labute approximate surface area is 108 Å². The number of anilines is 1. The molecule has 0 atom stereocenters. The fourth-order valence-corrected chi connectivity index (χ4v) is 2.33. The van der Waals surface area contributed by atoms with Crippen LogP contribution in [0.25, 0.3) is 0 Å². The molecule has 0 bridgehead atoms. The Balaban J connectivity index is 3.00. The van der Waals surface area contributed by atoms with Gasteiger partial charge in [-0.25, -0.2) is 0 Å². The van der Waals surface area contributed by atoms with Crippen LogP contribution >= 0.6 is 0 Å². The van der Waals surface area contributed by atoms with Crippen LogP contribution in [0.15, 0.2) is 18.2 Å². The second-order valence-corrected chi connectivity index (χ2v) is 5.20. The van der Waals surface area contributed by atoms with Gasteiger partial charge in [0.2, 0.25) is 0 Å². The lowest BCUT2D eigenvalue weighted by atomic mass is 10.1. The van der Waals surface area contributed by atoms with Gasteiger partial charge in [0.05, 0.1) is 12.2 Å². The van der Waals surface area contributed by atoms with E-state index < -0.39 is 10.2 Å². The highest BCUT2D eigenvalue weighted by Crippen LogP contribution is 2.14. The van der Waals surface area contributed by atoms with Crippen molar-refractivity contribution >= 4 is 15.9 Å². The zero-order valence-corrected chi connectivity index (χ0v) is 11.3. The highest BCUT2D eigenvalue weighted by atomic mass is 32.2. The number of aryl methyl sites for hydroxylation is 1. The molecular weight excluding hydrogens is 250 g/mol. The van der Waals surface area contributed by atoms with E-state index in [1.54, 1.807) is 19.1 Å². The van der Waals surface area contributed by atoms with Gasteiger partial charge in [-0.2, -0.15) is 13.1 Å². The molecule has 6 heteroatoms. The van der Waals surface area contributed by atoms with E-state index in [0.717, 1.165) is 11.1 Å². The lowest BCUT2D eigenvalue weighted by Crippen LogP contribution is -2.29. The maximum atomic E-state index is 11.6. The van der Waals surface area contributed by atoms with Crippen LogP contribution in [-0.4, -0.2) is 21.5 Å². The molecule has 0 aromatic heterocycles. The molecule has 5 nitrogen and oxygen atoms in total. The third-order valence-electron chi connectivity index (χ3n) is 2.00. The van der Waals surface area contributed by atoms with Gasteiger partial charge in [-0.1, -0.05) is 18.8 Å². The Morgan fingerprint density at radius 3 is 2.67 bits per heavy atom. The molecule has 0 saturated heterocycles. The Bertz CT molecular complexity index is 571. The Kier molecular flexibility index (Phi) is 5.16. The summed E-state index contributed by atoms with van der Waals surface area (Å²) < 4.78 is 27.9. The van der Waals surface area contributed by atoms with E-state index >= 15 is 0 Å². The average Bonchev–Trinajstić information content (AvgIpc) is 2.24. The lowest BCUT2D eigenvalue weighted by Gasteiger charge is -2.09. The van der Waals surface area contributed by atoms with E-state index in [1.807, 2.05) is 13.0 Å². The first kappa shape index (κ1) is 14.5. The highest BCUT2D eigenvalue weighted by Gasteiger charge is 2.08. The first-order valence-corrected chi connectivity index (χ1v) is 7.03. The summed E-state index contributed by atoms with van der Waals surface area (Å²) in [5.41, 5.74) is 7.44. The van der Waals surface area contributed by atoms with Gasteiger partial charge < -0.3 is 5.73 Å². The minimum atomic E-state index is -3.51. The summed E-state index contributed by atoms with van der Waals surface area (Å²) in [6, 6.07) is 5.28. The van der Waals surface area contributed by atoms with Gasteiger partial charge in [-0.3, -0.25) is 4.72 Å². The largest absolute Gasteiger partial charge is 0.320 e. The fourth-order valence-electron chi connectivity index (χ4n) is 1.45. The number of rotatable bonds is 4. The van der Waals surface area contributed by atoms with Gasteiger partial charge in [0.25, 0.3) is 10.2 Å². The number of nitrogens with two attached hydrogens (primary N) is 1. The maximum absolute atomic E-state index is 11.6. The molecule has 0 radical (unpaired) electrons. The molecule has 0 aliphatic heterocycles. The van der Waals surface area contributed by atoms with Crippen LogP contribution in [0, 0.1) is 18.8 Å². The monoisotopic (exact) mass is 267 g/mol. The van der Waals surface area contributed by atoms with Crippen LogP contribution in [-0.2, 0) is 10.2 Å². The van der Waals surface area contributed by atoms with Crippen LogP contribution in [0.5, 0.6) is 0 Å². The molecule has 0 aliphatic rings. The molecule has 0 spiro atoms. The molecule has 1 aromatic rings. The summed E-state index contributed by atoms with van der Waals surface area (Å²) >= 11 is 0. The average molecular weight is 267 g/mol. The van der Waals surface area contributed by atoms with Crippen LogP contribution in [0.3, 0.4) is 0 Å². The third-order valence-corrected chi connectivity index (χ3v) is 3.17. The Hall–Kier alpha value is -1.55. The standard InChI is InChI=1S/C12H17N3O2S/c1-3-14-18(16,17)15-12-8-10(2)7-11(9-12)5-4-6-13/h7-9,14-15H,3,6,13H2,1-2H3. The SMILES string of the molecule is CCNS(=O)(=O)Nc1cc(C)cc(C#CCN)c1. The van der Waals surface area contributed by atoms with Crippen LogP contribution in [0.4, 0.5) is 5.69 Å². The summed E-state index contributed by atoms with van der Waals surface area (Å²) in [5.74, 6) is 5.60. The molecule has 0 heterocycles. The lowest BCUT2D eigenvalue weighted by molar-refractivity contribution is 0.589. The van der Waals surface area contributed by atoms with Crippen molar-refractivity contribution < 1.29 is 8.42 Å². The minimum Gasteiger partial charge on any atom is -0.320 e. The van der Waals surface area contributed by atoms with Gasteiger partial charge >= 0.3 is 0 Å². The van der Waals surface area contributed by atoms with Crippen molar-refractivity contribution in [2.45, 2.75) is 13.8 Å². The van der Waals surface area contributed by atoms with E-state index in [4.69, 9.17) is 5.73 Å². The van der Waals surface area contributed by atoms with Crippen molar-refractivity contribution in [3.05, 3.63) is 29.3 Å². The first-order valence-electron chi connectivity index (χ1n) is 5.55. The summed E-state index contributed by atoms with van der Waals surface area (Å²) in [6.45, 7) is 4.19. The van der Waals surface area contributed by atoms with E-state index in [2.05, 4.69) is 21.3 Å². The van der Waals surface area contributed by atoms with Crippen molar-refractivity contribution in [3.63, 3.8) is 0 Å². The predicted molar refractivity (Wildman–Crippen MR) is 73.3 cm³/mol. The third kappa shape index (κ3) is 4.75.